The van der Waals surface area contributed by atoms with Crippen LogP contribution in [0.15, 0.2) is 72.8 Å². The second-order valence-electron chi connectivity index (χ2n) is 11.1. The molecule has 0 atom stereocenters. The van der Waals surface area contributed by atoms with Crippen molar-refractivity contribution in [2.24, 2.45) is 0 Å². The molecule has 7 nitrogen and oxygen atoms in total. The molecule has 1 amide bonds. The van der Waals surface area contributed by atoms with Crippen LogP contribution in [0.3, 0.4) is 0 Å². The second kappa shape index (κ2) is 11.6. The summed E-state index contributed by atoms with van der Waals surface area (Å²) in [5.41, 5.74) is 0.943. The molecule has 203 valence electrons. The first-order chi connectivity index (χ1) is 17.6. The Morgan fingerprint density at radius 3 is 1.82 bits per heavy atom. The molecule has 3 rings (SSSR count). The summed E-state index contributed by atoms with van der Waals surface area (Å²) >= 11 is 0. The van der Waals surface area contributed by atoms with Crippen molar-refractivity contribution >= 4 is 41.2 Å². The standard InChI is InChI=1S/C29H37N2O5SSi/c1-28(2,3)24-18-19-25(31-37(7,33)34)26(23(24)20-30-27(32)35-29(4,5)6)36-38(21-14-10-8-11-15-21)22-16-12-9-13-17-22/h8-19,31H,20H2,1-7H3,(H,30,32). The minimum Gasteiger partial charge on any atom is -0.531 e. The molecule has 38 heavy (non-hydrogen) atoms. The van der Waals surface area contributed by atoms with Gasteiger partial charge in [0.25, 0.3) is 0 Å². The highest BCUT2D eigenvalue weighted by Gasteiger charge is 2.29. The van der Waals surface area contributed by atoms with Crippen LogP contribution in [0.4, 0.5) is 10.5 Å². The first-order valence-electron chi connectivity index (χ1n) is 12.4. The molecule has 2 N–H and O–H groups in total. The van der Waals surface area contributed by atoms with E-state index in [0.717, 1.165) is 22.2 Å². The third-order valence-corrected chi connectivity index (χ3v) is 8.16. The number of anilines is 1. The SMILES string of the molecule is CC(C)(C)OC(=O)NCc1c(C(C)(C)C)ccc(NS(C)(=O)=O)c1O[Si](c1ccccc1)c1ccccc1. The molecule has 0 aliphatic rings. The van der Waals surface area contributed by atoms with Gasteiger partial charge in [-0.05, 0) is 48.2 Å². The summed E-state index contributed by atoms with van der Waals surface area (Å²) in [4.78, 5) is 12.6. The zero-order chi connectivity index (χ0) is 28.1. The van der Waals surface area contributed by atoms with E-state index in [1.54, 1.807) is 26.8 Å². The van der Waals surface area contributed by atoms with Crippen molar-refractivity contribution in [3.8, 4) is 5.75 Å². The maximum Gasteiger partial charge on any atom is 0.407 e. The van der Waals surface area contributed by atoms with Crippen LogP contribution in [0.25, 0.3) is 0 Å². The lowest BCUT2D eigenvalue weighted by molar-refractivity contribution is 0.0523. The summed E-state index contributed by atoms with van der Waals surface area (Å²) in [6.07, 6.45) is 0.536. The molecule has 0 aliphatic heterocycles. The minimum atomic E-state index is -3.62. The monoisotopic (exact) mass is 553 g/mol. The van der Waals surface area contributed by atoms with Gasteiger partial charge in [0.2, 0.25) is 10.0 Å². The highest BCUT2D eigenvalue weighted by Crippen LogP contribution is 2.38. The van der Waals surface area contributed by atoms with Gasteiger partial charge >= 0.3 is 15.1 Å². The van der Waals surface area contributed by atoms with Gasteiger partial charge < -0.3 is 14.5 Å². The maximum atomic E-state index is 12.6. The summed E-state index contributed by atoms with van der Waals surface area (Å²) in [6, 6.07) is 23.4. The van der Waals surface area contributed by atoms with E-state index in [4.69, 9.17) is 9.16 Å². The number of benzene rings is 3. The van der Waals surface area contributed by atoms with Crippen LogP contribution in [0, 0.1) is 0 Å². The highest BCUT2D eigenvalue weighted by atomic mass is 32.2. The van der Waals surface area contributed by atoms with Crippen molar-refractivity contribution in [1.29, 1.82) is 0 Å². The van der Waals surface area contributed by atoms with Crippen molar-refractivity contribution in [3.05, 3.63) is 83.9 Å². The first-order valence-corrected chi connectivity index (χ1v) is 15.7. The van der Waals surface area contributed by atoms with Gasteiger partial charge in [-0.25, -0.2) is 13.2 Å². The largest absolute Gasteiger partial charge is 0.531 e. The van der Waals surface area contributed by atoms with Gasteiger partial charge in [-0.3, -0.25) is 4.72 Å². The number of amides is 1. The Balaban J connectivity index is 2.20. The number of carbonyl (C=O) groups excluding carboxylic acids is 1. The van der Waals surface area contributed by atoms with Crippen molar-refractivity contribution in [1.82, 2.24) is 5.32 Å². The number of sulfonamides is 1. The summed E-state index contributed by atoms with van der Waals surface area (Å²) in [5, 5.41) is 4.85. The molecule has 0 fully saturated rings. The molecular weight excluding hydrogens is 516 g/mol. The Bertz CT molecular complexity index is 1310. The zero-order valence-electron chi connectivity index (χ0n) is 23.1. The van der Waals surface area contributed by atoms with Crippen LogP contribution in [0.5, 0.6) is 5.75 Å². The summed E-state index contributed by atoms with van der Waals surface area (Å²) in [7, 11) is -5.47. The molecule has 0 aromatic heterocycles. The molecule has 0 bridgehead atoms. The Hall–Kier alpha value is -3.30. The fraction of sp³-hybridized carbons (Fsp3) is 0.345. The normalized spacial score (nSPS) is 12.2. The lowest BCUT2D eigenvalue weighted by atomic mass is 9.83. The zero-order valence-corrected chi connectivity index (χ0v) is 24.9. The van der Waals surface area contributed by atoms with Gasteiger partial charge in [0, 0.05) is 5.56 Å². The van der Waals surface area contributed by atoms with E-state index in [1.165, 1.54) is 0 Å². The number of hydrogen-bond acceptors (Lipinski definition) is 5. The van der Waals surface area contributed by atoms with Gasteiger partial charge in [0.15, 0.2) is 0 Å². The van der Waals surface area contributed by atoms with Crippen molar-refractivity contribution in [2.45, 2.75) is 59.1 Å². The van der Waals surface area contributed by atoms with Crippen LogP contribution >= 0.6 is 0 Å². The van der Waals surface area contributed by atoms with Crippen molar-refractivity contribution < 1.29 is 22.4 Å². The molecule has 0 unspecified atom stereocenters. The number of hydrogen-bond donors (Lipinski definition) is 2. The third-order valence-electron chi connectivity index (χ3n) is 5.45. The number of carbonyl (C=O) groups is 1. The van der Waals surface area contributed by atoms with Gasteiger partial charge in [-0.1, -0.05) is 87.5 Å². The molecule has 0 aliphatic carbocycles. The molecule has 0 saturated carbocycles. The molecule has 3 aromatic rings. The van der Waals surface area contributed by atoms with Crippen LogP contribution in [0.2, 0.25) is 0 Å². The van der Waals surface area contributed by atoms with Crippen LogP contribution in [-0.4, -0.2) is 35.4 Å². The summed E-state index contributed by atoms with van der Waals surface area (Å²) in [6.45, 7) is 11.7. The first kappa shape index (κ1) is 29.3. The number of alkyl carbamates (subject to hydrolysis) is 1. The van der Waals surface area contributed by atoms with E-state index in [2.05, 4.69) is 30.8 Å². The van der Waals surface area contributed by atoms with E-state index in [9.17, 15) is 13.2 Å². The fourth-order valence-corrected chi connectivity index (χ4v) is 6.50. The quantitative estimate of drug-likeness (QED) is 0.399. The van der Waals surface area contributed by atoms with E-state index < -0.39 is 30.8 Å². The predicted octanol–water partition coefficient (Wildman–Crippen LogP) is 4.57. The Morgan fingerprint density at radius 2 is 1.37 bits per heavy atom. The van der Waals surface area contributed by atoms with Gasteiger partial charge in [0.05, 0.1) is 18.5 Å². The minimum absolute atomic E-state index is 0.0921. The van der Waals surface area contributed by atoms with E-state index in [0.29, 0.717) is 17.0 Å². The molecule has 0 heterocycles. The Morgan fingerprint density at radius 1 is 0.842 bits per heavy atom. The number of rotatable bonds is 8. The highest BCUT2D eigenvalue weighted by molar-refractivity contribution is 7.92. The number of ether oxygens (including phenoxy) is 1. The Labute approximate surface area is 228 Å². The van der Waals surface area contributed by atoms with Crippen LogP contribution in [-0.2, 0) is 26.7 Å². The molecule has 1 radical (unpaired) electrons. The number of nitrogens with one attached hydrogen (secondary N) is 2. The van der Waals surface area contributed by atoms with Gasteiger partial charge in [-0.15, -0.1) is 0 Å². The molecular formula is C29H37N2O5SSi. The van der Waals surface area contributed by atoms with Crippen LogP contribution < -0.4 is 24.8 Å². The van der Waals surface area contributed by atoms with E-state index in [1.807, 2.05) is 66.7 Å². The van der Waals surface area contributed by atoms with Gasteiger partial charge in [-0.2, -0.15) is 0 Å². The smallest absolute Gasteiger partial charge is 0.407 e. The summed E-state index contributed by atoms with van der Waals surface area (Å²) in [5.74, 6) is 0.389. The van der Waals surface area contributed by atoms with E-state index in [-0.39, 0.29) is 12.0 Å². The average molecular weight is 554 g/mol. The lowest BCUT2D eigenvalue weighted by Crippen LogP contribution is -2.48. The molecule has 0 spiro atoms. The third kappa shape index (κ3) is 8.36. The molecule has 0 saturated heterocycles. The topological polar surface area (TPSA) is 93.7 Å². The van der Waals surface area contributed by atoms with Crippen LogP contribution in [0.1, 0.15) is 52.7 Å². The predicted molar refractivity (Wildman–Crippen MR) is 155 cm³/mol. The average Bonchev–Trinajstić information content (AvgIpc) is 2.80. The second-order valence-corrected chi connectivity index (χ2v) is 14.9. The van der Waals surface area contributed by atoms with E-state index >= 15 is 0 Å². The van der Waals surface area contributed by atoms with Crippen molar-refractivity contribution in [2.75, 3.05) is 11.0 Å². The van der Waals surface area contributed by atoms with Crippen molar-refractivity contribution in [3.63, 3.8) is 0 Å². The maximum absolute atomic E-state index is 12.6. The molecule has 3 aromatic carbocycles. The lowest BCUT2D eigenvalue weighted by Gasteiger charge is -2.29. The van der Waals surface area contributed by atoms with Gasteiger partial charge in [0.1, 0.15) is 11.4 Å². The summed E-state index contributed by atoms with van der Waals surface area (Å²) < 4.78 is 39.6. The Kier molecular flexibility index (Phi) is 8.94. The fourth-order valence-electron chi connectivity index (χ4n) is 3.94. The molecule has 9 heteroatoms.